The summed E-state index contributed by atoms with van der Waals surface area (Å²) in [6.45, 7) is 7.31. The van der Waals surface area contributed by atoms with E-state index in [-0.39, 0.29) is 36.7 Å². The molecule has 0 radical (unpaired) electrons. The lowest BCUT2D eigenvalue weighted by molar-refractivity contribution is -0.127. The van der Waals surface area contributed by atoms with Gasteiger partial charge in [-0.1, -0.05) is 6.07 Å². The highest BCUT2D eigenvalue weighted by Gasteiger charge is 2.26. The second kappa shape index (κ2) is 12.4. The quantitative estimate of drug-likeness (QED) is 0.492. The van der Waals surface area contributed by atoms with E-state index in [0.29, 0.717) is 24.3 Å². The molecule has 0 spiro atoms. The second-order valence-electron chi connectivity index (χ2n) is 9.62. The Kier molecular flexibility index (Phi) is 9.85. The standard InChI is InChI=1S/C24H37N5O5/c1-24(2,3)34-23(33)26-12-11-25-21(31)18-9-7-13-29(15-18)16-20(30)27-19-10-6-8-17(14-19)22(32)28(4)5/h6,8,10,14,18H,7,9,11-13,15-16H2,1-5H3,(H,25,31)(H,26,33)(H,27,30). The molecular formula is C24H37N5O5. The SMILES string of the molecule is CN(C)C(=O)c1cccc(NC(=O)CN2CCCC(C(=O)NCCNC(=O)OC(C)(C)C)C2)c1. The maximum Gasteiger partial charge on any atom is 0.407 e. The first-order chi connectivity index (χ1) is 15.9. The highest BCUT2D eigenvalue weighted by atomic mass is 16.6. The first-order valence-electron chi connectivity index (χ1n) is 11.5. The van der Waals surface area contributed by atoms with E-state index in [4.69, 9.17) is 4.74 Å². The zero-order valence-electron chi connectivity index (χ0n) is 20.8. The molecule has 3 N–H and O–H groups in total. The van der Waals surface area contributed by atoms with Gasteiger partial charge in [-0.05, 0) is 58.4 Å². The van der Waals surface area contributed by atoms with Crippen LogP contribution in [0.4, 0.5) is 10.5 Å². The van der Waals surface area contributed by atoms with Gasteiger partial charge in [0.2, 0.25) is 11.8 Å². The lowest BCUT2D eigenvalue weighted by atomic mass is 9.97. The summed E-state index contributed by atoms with van der Waals surface area (Å²) in [5, 5.41) is 8.28. The molecule has 2 rings (SSSR count). The summed E-state index contributed by atoms with van der Waals surface area (Å²) in [7, 11) is 3.35. The van der Waals surface area contributed by atoms with Crippen molar-refractivity contribution in [1.29, 1.82) is 0 Å². The first-order valence-corrected chi connectivity index (χ1v) is 11.5. The summed E-state index contributed by atoms with van der Waals surface area (Å²) in [5.41, 5.74) is 0.484. The molecule has 1 unspecified atom stereocenters. The highest BCUT2D eigenvalue weighted by molar-refractivity contribution is 5.97. The van der Waals surface area contributed by atoms with Crippen LogP contribution in [0.3, 0.4) is 0 Å². The van der Waals surface area contributed by atoms with Crippen LogP contribution < -0.4 is 16.0 Å². The van der Waals surface area contributed by atoms with Crippen molar-refractivity contribution in [3.63, 3.8) is 0 Å². The van der Waals surface area contributed by atoms with E-state index in [1.165, 1.54) is 4.90 Å². The molecule has 10 heteroatoms. The van der Waals surface area contributed by atoms with Crippen molar-refractivity contribution in [3.05, 3.63) is 29.8 Å². The van der Waals surface area contributed by atoms with Crippen molar-refractivity contribution in [3.8, 4) is 0 Å². The maximum atomic E-state index is 12.5. The molecule has 188 valence electrons. The predicted molar refractivity (Wildman–Crippen MR) is 129 cm³/mol. The van der Waals surface area contributed by atoms with E-state index < -0.39 is 11.7 Å². The number of rotatable bonds is 8. The van der Waals surface area contributed by atoms with E-state index in [1.54, 1.807) is 59.1 Å². The highest BCUT2D eigenvalue weighted by Crippen LogP contribution is 2.17. The van der Waals surface area contributed by atoms with Gasteiger partial charge in [0.25, 0.3) is 5.91 Å². The topological polar surface area (TPSA) is 120 Å². The summed E-state index contributed by atoms with van der Waals surface area (Å²) >= 11 is 0. The molecule has 1 aromatic carbocycles. The minimum absolute atomic E-state index is 0.0917. The largest absolute Gasteiger partial charge is 0.444 e. The van der Waals surface area contributed by atoms with Gasteiger partial charge in [0.1, 0.15) is 5.60 Å². The van der Waals surface area contributed by atoms with Crippen LogP contribution in [0.2, 0.25) is 0 Å². The molecule has 0 aliphatic carbocycles. The average molecular weight is 476 g/mol. The lowest BCUT2D eigenvalue weighted by Crippen LogP contribution is -2.46. The van der Waals surface area contributed by atoms with Gasteiger partial charge in [-0.25, -0.2) is 4.79 Å². The lowest BCUT2D eigenvalue weighted by Gasteiger charge is -2.31. The molecular weight excluding hydrogens is 438 g/mol. The average Bonchev–Trinajstić information content (AvgIpc) is 2.75. The number of alkyl carbamates (subject to hydrolysis) is 1. The van der Waals surface area contributed by atoms with Crippen LogP contribution in [0.1, 0.15) is 44.0 Å². The normalized spacial score (nSPS) is 16.3. The molecule has 1 atom stereocenters. The van der Waals surface area contributed by atoms with E-state index in [1.807, 2.05) is 4.90 Å². The molecule has 1 aliphatic rings. The molecule has 1 aromatic rings. The number of likely N-dealkylation sites (tertiary alicyclic amines) is 1. The van der Waals surface area contributed by atoms with Crippen LogP contribution in [0.5, 0.6) is 0 Å². The molecule has 1 saturated heterocycles. The zero-order valence-corrected chi connectivity index (χ0v) is 20.8. The molecule has 1 heterocycles. The third-order valence-electron chi connectivity index (χ3n) is 5.14. The smallest absolute Gasteiger partial charge is 0.407 e. The number of anilines is 1. The fourth-order valence-corrected chi connectivity index (χ4v) is 3.61. The number of ether oxygens (including phenoxy) is 1. The van der Waals surface area contributed by atoms with Crippen molar-refractivity contribution >= 4 is 29.5 Å². The number of amides is 4. The van der Waals surface area contributed by atoms with Gasteiger partial charge in [0, 0.05) is 45.0 Å². The summed E-state index contributed by atoms with van der Waals surface area (Å²) in [5.74, 6) is -0.644. The van der Waals surface area contributed by atoms with Crippen LogP contribution >= 0.6 is 0 Å². The van der Waals surface area contributed by atoms with Crippen LogP contribution in [0, 0.1) is 5.92 Å². The number of carbonyl (C=O) groups excluding carboxylic acids is 4. The van der Waals surface area contributed by atoms with Gasteiger partial charge in [0.15, 0.2) is 0 Å². The van der Waals surface area contributed by atoms with Gasteiger partial charge >= 0.3 is 6.09 Å². The minimum atomic E-state index is -0.572. The summed E-state index contributed by atoms with van der Waals surface area (Å²) in [6.07, 6.45) is 1.04. The molecule has 0 aromatic heterocycles. The molecule has 1 fully saturated rings. The van der Waals surface area contributed by atoms with Crippen molar-refractivity contribution in [2.45, 2.75) is 39.2 Å². The fraction of sp³-hybridized carbons (Fsp3) is 0.583. The molecule has 0 saturated carbocycles. The van der Waals surface area contributed by atoms with Crippen LogP contribution in [-0.2, 0) is 14.3 Å². The number of nitrogens with one attached hydrogen (secondary N) is 3. The monoisotopic (exact) mass is 475 g/mol. The Bertz CT molecular complexity index is 881. The van der Waals surface area contributed by atoms with Gasteiger partial charge in [0.05, 0.1) is 12.5 Å². The molecule has 1 aliphatic heterocycles. The van der Waals surface area contributed by atoms with Crippen LogP contribution in [0.15, 0.2) is 24.3 Å². The van der Waals surface area contributed by atoms with E-state index in [0.717, 1.165) is 19.4 Å². The second-order valence-corrected chi connectivity index (χ2v) is 9.62. The van der Waals surface area contributed by atoms with E-state index >= 15 is 0 Å². The van der Waals surface area contributed by atoms with Gasteiger partial charge in [-0.15, -0.1) is 0 Å². The first kappa shape index (κ1) is 27.1. The van der Waals surface area contributed by atoms with E-state index in [2.05, 4.69) is 16.0 Å². The summed E-state index contributed by atoms with van der Waals surface area (Å²) in [6, 6.07) is 6.82. The fourth-order valence-electron chi connectivity index (χ4n) is 3.61. The number of benzene rings is 1. The van der Waals surface area contributed by atoms with Crippen LogP contribution in [0.25, 0.3) is 0 Å². The minimum Gasteiger partial charge on any atom is -0.444 e. The van der Waals surface area contributed by atoms with Crippen molar-refractivity contribution in [2.75, 3.05) is 52.1 Å². The molecule has 0 bridgehead atoms. The third kappa shape index (κ3) is 9.38. The van der Waals surface area contributed by atoms with Crippen molar-refractivity contribution in [1.82, 2.24) is 20.4 Å². The Balaban J connectivity index is 1.76. The van der Waals surface area contributed by atoms with Gasteiger partial charge < -0.3 is 25.6 Å². The molecule has 4 amide bonds. The van der Waals surface area contributed by atoms with Crippen molar-refractivity contribution in [2.24, 2.45) is 5.92 Å². The van der Waals surface area contributed by atoms with Crippen molar-refractivity contribution < 1.29 is 23.9 Å². The summed E-state index contributed by atoms with van der Waals surface area (Å²) in [4.78, 5) is 52.3. The number of hydrogen-bond donors (Lipinski definition) is 3. The zero-order chi connectivity index (χ0) is 25.3. The Morgan fingerprint density at radius 1 is 1.12 bits per heavy atom. The van der Waals surface area contributed by atoms with Crippen LogP contribution in [-0.4, -0.2) is 86.0 Å². The number of nitrogens with zero attached hydrogens (tertiary/aromatic N) is 2. The Hall–Kier alpha value is -3.14. The Morgan fingerprint density at radius 2 is 1.82 bits per heavy atom. The molecule has 34 heavy (non-hydrogen) atoms. The maximum absolute atomic E-state index is 12.5. The summed E-state index contributed by atoms with van der Waals surface area (Å²) < 4.78 is 5.16. The molecule has 10 nitrogen and oxygen atoms in total. The third-order valence-corrected chi connectivity index (χ3v) is 5.14. The van der Waals surface area contributed by atoms with Gasteiger partial charge in [-0.3, -0.25) is 19.3 Å². The van der Waals surface area contributed by atoms with Gasteiger partial charge in [-0.2, -0.15) is 0 Å². The van der Waals surface area contributed by atoms with E-state index in [9.17, 15) is 19.2 Å². The Labute approximate surface area is 201 Å². The number of piperidine rings is 1. The Morgan fingerprint density at radius 3 is 2.50 bits per heavy atom. The predicted octanol–water partition coefficient (Wildman–Crippen LogP) is 1.68. The number of carbonyl (C=O) groups is 4. The number of hydrogen-bond acceptors (Lipinski definition) is 6.